The molecule has 1 aromatic heterocycles. The van der Waals surface area contributed by atoms with E-state index < -0.39 is 11.9 Å². The number of alkyl halides is 3. The number of hydrogen-bond acceptors (Lipinski definition) is 6. The third-order valence-corrected chi connectivity index (χ3v) is 3.30. The molecule has 142 valence electrons. The van der Waals surface area contributed by atoms with Crippen molar-refractivity contribution in [3.8, 4) is 5.75 Å². The Kier molecular flexibility index (Phi) is 6.62. The van der Waals surface area contributed by atoms with Gasteiger partial charge in [-0.05, 0) is 45.3 Å². The summed E-state index contributed by atoms with van der Waals surface area (Å²) in [5, 5.41) is 5.68. The highest BCUT2D eigenvalue weighted by Crippen LogP contribution is 2.30. The number of aromatic nitrogens is 2. The van der Waals surface area contributed by atoms with E-state index in [-0.39, 0.29) is 11.8 Å². The van der Waals surface area contributed by atoms with E-state index in [9.17, 15) is 13.2 Å². The Morgan fingerprint density at radius 2 is 1.81 bits per heavy atom. The second kappa shape index (κ2) is 8.70. The van der Waals surface area contributed by atoms with Crippen LogP contribution >= 0.6 is 0 Å². The average molecular weight is 369 g/mol. The number of benzene rings is 1. The number of nitrogens with zero attached hydrogens (tertiary/aromatic N) is 3. The minimum absolute atomic E-state index is 0.0591. The quantitative estimate of drug-likeness (QED) is 0.741. The first-order valence-corrected chi connectivity index (χ1v) is 8.12. The Hall–Kier alpha value is -2.55. The topological polar surface area (TPSA) is 62.3 Å². The SMILES string of the molecule is CCOc1ccc(Nc2cc(C(F)(F)F)nc(NCCN(C)C)n2)cc1. The van der Waals surface area contributed by atoms with Gasteiger partial charge in [-0.25, -0.2) is 4.98 Å². The molecule has 0 fully saturated rings. The molecular formula is C17H22F3N5O. The lowest BCUT2D eigenvalue weighted by molar-refractivity contribution is -0.141. The Labute approximate surface area is 150 Å². The normalized spacial score (nSPS) is 11.5. The Morgan fingerprint density at radius 3 is 2.38 bits per heavy atom. The third-order valence-electron chi connectivity index (χ3n) is 3.30. The van der Waals surface area contributed by atoms with Crippen molar-refractivity contribution in [3.63, 3.8) is 0 Å². The van der Waals surface area contributed by atoms with Gasteiger partial charge in [0.1, 0.15) is 11.6 Å². The van der Waals surface area contributed by atoms with Crippen molar-refractivity contribution in [1.29, 1.82) is 0 Å². The number of halogens is 3. The summed E-state index contributed by atoms with van der Waals surface area (Å²) in [7, 11) is 3.74. The number of hydrogen-bond donors (Lipinski definition) is 2. The average Bonchev–Trinajstić information content (AvgIpc) is 2.56. The predicted octanol–water partition coefficient (Wildman–Crippen LogP) is 3.61. The summed E-state index contributed by atoms with van der Waals surface area (Å²) in [5.41, 5.74) is -0.409. The molecule has 0 saturated heterocycles. The monoisotopic (exact) mass is 369 g/mol. The number of nitrogens with one attached hydrogen (secondary N) is 2. The van der Waals surface area contributed by atoms with Gasteiger partial charge in [0.15, 0.2) is 5.69 Å². The van der Waals surface area contributed by atoms with E-state index >= 15 is 0 Å². The second-order valence-corrected chi connectivity index (χ2v) is 5.77. The third kappa shape index (κ3) is 6.07. The zero-order chi connectivity index (χ0) is 19.2. The molecule has 2 N–H and O–H groups in total. The van der Waals surface area contributed by atoms with Crippen molar-refractivity contribution in [2.45, 2.75) is 13.1 Å². The first kappa shape index (κ1) is 19.8. The molecule has 0 amide bonds. The van der Waals surface area contributed by atoms with E-state index in [2.05, 4.69) is 20.6 Å². The van der Waals surface area contributed by atoms with Gasteiger partial charge >= 0.3 is 6.18 Å². The smallest absolute Gasteiger partial charge is 0.433 e. The van der Waals surface area contributed by atoms with E-state index in [0.717, 1.165) is 6.07 Å². The second-order valence-electron chi connectivity index (χ2n) is 5.77. The number of likely N-dealkylation sites (N-methyl/N-ethyl adjacent to an activating group) is 1. The molecule has 0 aliphatic rings. The van der Waals surface area contributed by atoms with Gasteiger partial charge in [-0.2, -0.15) is 18.2 Å². The number of anilines is 3. The van der Waals surface area contributed by atoms with Crippen LogP contribution in [0.4, 0.5) is 30.6 Å². The summed E-state index contributed by atoms with van der Waals surface area (Å²) in [4.78, 5) is 9.57. The summed E-state index contributed by atoms with van der Waals surface area (Å²) in [6.07, 6.45) is -4.56. The highest BCUT2D eigenvalue weighted by molar-refractivity contribution is 5.58. The molecule has 0 bridgehead atoms. The maximum absolute atomic E-state index is 13.1. The summed E-state index contributed by atoms with van der Waals surface area (Å²) >= 11 is 0. The van der Waals surface area contributed by atoms with Crippen molar-refractivity contribution < 1.29 is 17.9 Å². The summed E-state index contributed by atoms with van der Waals surface area (Å²) in [6, 6.07) is 7.76. The Balaban J connectivity index is 2.19. The fourth-order valence-electron chi connectivity index (χ4n) is 2.08. The number of ether oxygens (including phenoxy) is 1. The van der Waals surface area contributed by atoms with Gasteiger partial charge < -0.3 is 20.3 Å². The molecule has 6 nitrogen and oxygen atoms in total. The van der Waals surface area contributed by atoms with Crippen LogP contribution in [0, 0.1) is 0 Å². The largest absolute Gasteiger partial charge is 0.494 e. The molecule has 0 aliphatic heterocycles. The fraction of sp³-hybridized carbons (Fsp3) is 0.412. The van der Waals surface area contributed by atoms with Crippen molar-refractivity contribution in [2.24, 2.45) is 0 Å². The van der Waals surface area contributed by atoms with Gasteiger partial charge in [-0.15, -0.1) is 0 Å². The molecule has 0 aliphatic carbocycles. The lowest BCUT2D eigenvalue weighted by Gasteiger charge is -2.14. The molecule has 0 radical (unpaired) electrons. The molecule has 2 aromatic rings. The summed E-state index contributed by atoms with van der Waals surface area (Å²) in [6.45, 7) is 3.48. The lowest BCUT2D eigenvalue weighted by atomic mass is 10.3. The van der Waals surface area contributed by atoms with Crippen molar-refractivity contribution in [1.82, 2.24) is 14.9 Å². The summed E-state index contributed by atoms with van der Waals surface area (Å²) < 4.78 is 44.7. The first-order chi connectivity index (χ1) is 12.3. The minimum Gasteiger partial charge on any atom is -0.494 e. The molecule has 0 saturated carbocycles. The van der Waals surface area contributed by atoms with Crippen molar-refractivity contribution >= 4 is 17.5 Å². The first-order valence-electron chi connectivity index (χ1n) is 8.12. The van der Waals surface area contributed by atoms with E-state index in [4.69, 9.17) is 4.74 Å². The fourth-order valence-corrected chi connectivity index (χ4v) is 2.08. The molecule has 0 spiro atoms. The van der Waals surface area contributed by atoms with Crippen LogP contribution < -0.4 is 15.4 Å². The molecule has 1 heterocycles. The van der Waals surface area contributed by atoms with E-state index in [1.807, 2.05) is 25.9 Å². The Bertz CT molecular complexity index is 705. The van der Waals surface area contributed by atoms with E-state index in [1.165, 1.54) is 0 Å². The van der Waals surface area contributed by atoms with Gasteiger partial charge in [0.05, 0.1) is 6.61 Å². The van der Waals surface area contributed by atoms with Crippen LogP contribution in [-0.4, -0.2) is 48.7 Å². The van der Waals surface area contributed by atoms with Crippen LogP contribution in [0.1, 0.15) is 12.6 Å². The molecule has 2 rings (SSSR count). The van der Waals surface area contributed by atoms with Crippen LogP contribution in [0.2, 0.25) is 0 Å². The Morgan fingerprint density at radius 1 is 1.12 bits per heavy atom. The highest BCUT2D eigenvalue weighted by atomic mass is 19.4. The van der Waals surface area contributed by atoms with Crippen molar-refractivity contribution in [3.05, 3.63) is 36.0 Å². The van der Waals surface area contributed by atoms with Crippen LogP contribution in [0.5, 0.6) is 5.75 Å². The minimum atomic E-state index is -4.56. The van der Waals surface area contributed by atoms with Gasteiger partial charge in [-0.3, -0.25) is 0 Å². The number of rotatable bonds is 8. The van der Waals surface area contributed by atoms with E-state index in [0.29, 0.717) is 31.1 Å². The maximum atomic E-state index is 13.1. The molecule has 9 heteroatoms. The van der Waals surface area contributed by atoms with Gasteiger partial charge in [0.2, 0.25) is 5.95 Å². The van der Waals surface area contributed by atoms with Gasteiger partial charge in [0.25, 0.3) is 0 Å². The van der Waals surface area contributed by atoms with Crippen LogP contribution in [0.15, 0.2) is 30.3 Å². The molecule has 0 unspecified atom stereocenters. The molecular weight excluding hydrogens is 347 g/mol. The zero-order valence-electron chi connectivity index (χ0n) is 14.9. The zero-order valence-corrected chi connectivity index (χ0v) is 14.9. The lowest BCUT2D eigenvalue weighted by Crippen LogP contribution is -2.22. The molecule has 1 aromatic carbocycles. The van der Waals surface area contributed by atoms with Crippen LogP contribution in [0.3, 0.4) is 0 Å². The van der Waals surface area contributed by atoms with Crippen molar-refractivity contribution in [2.75, 3.05) is 44.4 Å². The molecule has 26 heavy (non-hydrogen) atoms. The summed E-state index contributed by atoms with van der Waals surface area (Å²) in [5.74, 6) is 0.668. The standard InChI is InChI=1S/C17H22F3N5O/c1-4-26-13-7-5-12(6-8-13)22-15-11-14(17(18,19)20)23-16(24-15)21-9-10-25(2)3/h5-8,11H,4,9-10H2,1-3H3,(H2,21,22,23,24). The maximum Gasteiger partial charge on any atom is 0.433 e. The van der Waals surface area contributed by atoms with Crippen LogP contribution in [0.25, 0.3) is 0 Å². The van der Waals surface area contributed by atoms with Gasteiger partial charge in [-0.1, -0.05) is 0 Å². The highest BCUT2D eigenvalue weighted by Gasteiger charge is 2.33. The van der Waals surface area contributed by atoms with Gasteiger partial charge in [0, 0.05) is 24.8 Å². The van der Waals surface area contributed by atoms with E-state index in [1.54, 1.807) is 24.3 Å². The molecule has 0 atom stereocenters. The predicted molar refractivity (Wildman–Crippen MR) is 95.0 cm³/mol. The van der Waals surface area contributed by atoms with Crippen LogP contribution in [-0.2, 0) is 6.18 Å².